The largest absolute Gasteiger partial charge is 0.497 e. The Morgan fingerprint density at radius 2 is 2.00 bits per heavy atom. The number of anilines is 1. The van der Waals surface area contributed by atoms with Gasteiger partial charge in [0.15, 0.2) is 11.6 Å². The fourth-order valence-corrected chi connectivity index (χ4v) is 5.29. The minimum absolute atomic E-state index is 0.219. The number of ether oxygens (including phenoxy) is 4. The van der Waals surface area contributed by atoms with Gasteiger partial charge in [0.05, 0.1) is 13.7 Å². The van der Waals surface area contributed by atoms with Crippen molar-refractivity contribution in [3.8, 4) is 11.5 Å². The molecular formula is C29H36N4O6. The SMILES string of the molecule is COc1cccc(OC2=CC(=O)N(C(CC3CCCCC3)C(=O)Nc3ccn(CC4=COC(C)(C)O4)n3)C2)c1. The van der Waals surface area contributed by atoms with E-state index >= 15 is 0 Å². The Kier molecular flexibility index (Phi) is 7.81. The van der Waals surface area contributed by atoms with Crippen LogP contribution in [0.4, 0.5) is 5.82 Å². The Balaban J connectivity index is 1.26. The van der Waals surface area contributed by atoms with Crippen molar-refractivity contribution in [2.45, 2.75) is 70.7 Å². The number of amides is 2. The summed E-state index contributed by atoms with van der Waals surface area (Å²) < 4.78 is 24.1. The van der Waals surface area contributed by atoms with Crippen LogP contribution in [0.5, 0.6) is 11.5 Å². The molecule has 1 unspecified atom stereocenters. The highest BCUT2D eigenvalue weighted by molar-refractivity contribution is 5.99. The molecule has 1 saturated carbocycles. The molecule has 0 saturated heterocycles. The van der Waals surface area contributed by atoms with E-state index in [0.29, 0.717) is 47.7 Å². The lowest BCUT2D eigenvalue weighted by atomic mass is 9.84. The normalized spacial score (nSPS) is 19.6. The summed E-state index contributed by atoms with van der Waals surface area (Å²) in [7, 11) is 1.59. The van der Waals surface area contributed by atoms with Crippen LogP contribution in [0.25, 0.3) is 0 Å². The van der Waals surface area contributed by atoms with Gasteiger partial charge >= 0.3 is 0 Å². The van der Waals surface area contributed by atoms with Gasteiger partial charge in [-0.3, -0.25) is 14.3 Å². The summed E-state index contributed by atoms with van der Waals surface area (Å²) in [5.41, 5.74) is 0. The lowest BCUT2D eigenvalue weighted by Crippen LogP contribution is -2.46. The molecule has 5 rings (SSSR count). The summed E-state index contributed by atoms with van der Waals surface area (Å²) >= 11 is 0. The van der Waals surface area contributed by atoms with Gasteiger partial charge in [0.1, 0.15) is 36.1 Å². The highest BCUT2D eigenvalue weighted by atomic mass is 16.7. The quantitative estimate of drug-likeness (QED) is 0.473. The van der Waals surface area contributed by atoms with Crippen LogP contribution in [0, 0.1) is 5.92 Å². The standard InChI is InChI=1S/C29H36N4O6/c1-29(2)37-19-24(39-29)17-32-13-12-26(31-32)30-28(35)25(14-20-8-5-4-6-9-20)33-18-23(16-27(33)34)38-22-11-7-10-21(15-22)36-3/h7,10-13,15-16,19-20,25H,4-6,8-9,14,17-18H2,1-3H3,(H,30,31,35). The number of hydrogen-bond donors (Lipinski definition) is 1. The van der Waals surface area contributed by atoms with E-state index < -0.39 is 11.8 Å². The lowest BCUT2D eigenvalue weighted by Gasteiger charge is -2.31. The highest BCUT2D eigenvalue weighted by Crippen LogP contribution is 2.31. The summed E-state index contributed by atoms with van der Waals surface area (Å²) in [6.45, 7) is 4.26. The minimum Gasteiger partial charge on any atom is -0.497 e. The second-order valence-electron chi connectivity index (χ2n) is 10.7. The number of aromatic nitrogens is 2. The molecule has 0 radical (unpaired) electrons. The molecule has 1 N–H and O–H groups in total. The van der Waals surface area contributed by atoms with Crippen LogP contribution >= 0.6 is 0 Å². The molecule has 3 aliphatic rings. The summed E-state index contributed by atoms with van der Waals surface area (Å²) in [6, 6.07) is 8.31. The molecule has 2 amide bonds. The first-order valence-corrected chi connectivity index (χ1v) is 13.5. The molecular weight excluding hydrogens is 500 g/mol. The Bertz CT molecular complexity index is 1260. The number of carbonyl (C=O) groups excluding carboxylic acids is 2. The zero-order valence-corrected chi connectivity index (χ0v) is 22.7. The fourth-order valence-electron chi connectivity index (χ4n) is 5.29. The number of rotatable bonds is 10. The van der Waals surface area contributed by atoms with E-state index in [9.17, 15) is 9.59 Å². The van der Waals surface area contributed by atoms with E-state index in [1.165, 1.54) is 12.5 Å². The average Bonchev–Trinajstić information content (AvgIpc) is 3.61. The summed E-state index contributed by atoms with van der Waals surface area (Å²) in [4.78, 5) is 28.3. The maximum Gasteiger partial charge on any atom is 0.251 e. The molecule has 1 aliphatic carbocycles. The van der Waals surface area contributed by atoms with Crippen LogP contribution in [0.2, 0.25) is 0 Å². The molecule has 0 spiro atoms. The van der Waals surface area contributed by atoms with E-state index in [4.69, 9.17) is 18.9 Å². The number of hydrogen-bond acceptors (Lipinski definition) is 7. The van der Waals surface area contributed by atoms with E-state index in [-0.39, 0.29) is 18.4 Å². The zero-order valence-electron chi connectivity index (χ0n) is 22.7. The van der Waals surface area contributed by atoms with Gasteiger partial charge in [-0.2, -0.15) is 5.10 Å². The van der Waals surface area contributed by atoms with Crippen molar-refractivity contribution < 1.29 is 28.5 Å². The van der Waals surface area contributed by atoms with Crippen LogP contribution in [0.1, 0.15) is 52.4 Å². The zero-order chi connectivity index (χ0) is 27.4. The molecule has 1 aromatic heterocycles. The van der Waals surface area contributed by atoms with Crippen LogP contribution in [0.15, 0.2) is 60.4 Å². The van der Waals surface area contributed by atoms with Gasteiger partial charge in [0.25, 0.3) is 5.91 Å². The van der Waals surface area contributed by atoms with Gasteiger partial charge < -0.3 is 29.2 Å². The second-order valence-corrected chi connectivity index (χ2v) is 10.7. The summed E-state index contributed by atoms with van der Waals surface area (Å²) in [5, 5.41) is 7.41. The molecule has 1 atom stereocenters. The van der Waals surface area contributed by atoms with Crippen molar-refractivity contribution in [1.82, 2.24) is 14.7 Å². The molecule has 0 bridgehead atoms. The van der Waals surface area contributed by atoms with E-state index in [2.05, 4.69) is 10.4 Å². The smallest absolute Gasteiger partial charge is 0.251 e. The second kappa shape index (κ2) is 11.4. The van der Waals surface area contributed by atoms with Gasteiger partial charge in [-0.15, -0.1) is 0 Å². The van der Waals surface area contributed by atoms with Crippen LogP contribution in [0.3, 0.4) is 0 Å². The van der Waals surface area contributed by atoms with Gasteiger partial charge in [0.2, 0.25) is 11.7 Å². The maximum absolute atomic E-state index is 13.6. The van der Waals surface area contributed by atoms with Crippen molar-refractivity contribution in [3.63, 3.8) is 0 Å². The summed E-state index contributed by atoms with van der Waals surface area (Å²) in [5.74, 6) is 2.00. The Morgan fingerprint density at radius 1 is 1.21 bits per heavy atom. The average molecular weight is 537 g/mol. The first kappa shape index (κ1) is 26.6. The third kappa shape index (κ3) is 6.74. The van der Waals surface area contributed by atoms with Crippen molar-refractivity contribution in [2.24, 2.45) is 5.92 Å². The first-order chi connectivity index (χ1) is 18.8. The predicted molar refractivity (Wildman–Crippen MR) is 144 cm³/mol. The van der Waals surface area contributed by atoms with Gasteiger partial charge in [-0.1, -0.05) is 38.2 Å². The number of methoxy groups -OCH3 is 1. The minimum atomic E-state index is -0.697. The number of carbonyl (C=O) groups is 2. The molecule has 3 heterocycles. The fraction of sp³-hybridized carbons (Fsp3) is 0.483. The third-order valence-electron chi connectivity index (χ3n) is 7.20. The van der Waals surface area contributed by atoms with E-state index in [0.717, 1.165) is 25.7 Å². The van der Waals surface area contributed by atoms with Crippen LogP contribution in [-0.2, 0) is 25.6 Å². The van der Waals surface area contributed by atoms with Crippen LogP contribution < -0.4 is 14.8 Å². The Hall–Kier alpha value is -3.95. The molecule has 1 fully saturated rings. The van der Waals surface area contributed by atoms with Gasteiger partial charge in [-0.25, -0.2) is 0 Å². The van der Waals surface area contributed by atoms with Gasteiger partial charge in [-0.05, 0) is 24.5 Å². The van der Waals surface area contributed by atoms with E-state index in [1.807, 2.05) is 26.0 Å². The Labute approximate surface area is 228 Å². The first-order valence-electron chi connectivity index (χ1n) is 13.5. The van der Waals surface area contributed by atoms with Crippen molar-refractivity contribution in [2.75, 3.05) is 19.0 Å². The predicted octanol–water partition coefficient (Wildman–Crippen LogP) is 4.60. The molecule has 1 aromatic carbocycles. The monoisotopic (exact) mass is 536 g/mol. The number of nitrogens with one attached hydrogen (secondary N) is 1. The molecule has 10 nitrogen and oxygen atoms in total. The number of benzene rings is 1. The number of nitrogens with zero attached hydrogens (tertiary/aromatic N) is 3. The maximum atomic E-state index is 13.6. The molecule has 2 aromatic rings. The lowest BCUT2D eigenvalue weighted by molar-refractivity contribution is -0.134. The molecule has 39 heavy (non-hydrogen) atoms. The molecule has 208 valence electrons. The van der Waals surface area contributed by atoms with Crippen molar-refractivity contribution in [3.05, 3.63) is 60.4 Å². The van der Waals surface area contributed by atoms with Crippen molar-refractivity contribution >= 4 is 17.6 Å². The topological polar surface area (TPSA) is 104 Å². The third-order valence-corrected chi connectivity index (χ3v) is 7.20. The number of allylic oxidation sites excluding steroid dienone is 1. The van der Waals surface area contributed by atoms with Gasteiger partial charge in [0, 0.05) is 38.3 Å². The summed E-state index contributed by atoms with van der Waals surface area (Å²) in [6.07, 6.45) is 11.1. The highest BCUT2D eigenvalue weighted by Gasteiger charge is 2.36. The Morgan fingerprint density at radius 3 is 2.74 bits per heavy atom. The molecule has 2 aliphatic heterocycles. The van der Waals surface area contributed by atoms with Crippen molar-refractivity contribution in [1.29, 1.82) is 0 Å². The molecule has 10 heteroatoms. The van der Waals surface area contributed by atoms with E-state index in [1.54, 1.807) is 47.3 Å². The van der Waals surface area contributed by atoms with Crippen LogP contribution in [-0.4, -0.2) is 52.0 Å².